The number of carbonyl (C=O) groups is 1. The van der Waals surface area contributed by atoms with Crippen LogP contribution in [0, 0.1) is 0 Å². The van der Waals surface area contributed by atoms with E-state index in [4.69, 9.17) is 13.6 Å². The zero-order valence-corrected chi connectivity index (χ0v) is 17.6. The Morgan fingerprint density at radius 3 is 2.77 bits per heavy atom. The topological polar surface area (TPSA) is 94.6 Å². The molecule has 0 unspecified atom stereocenters. The van der Waals surface area contributed by atoms with E-state index < -0.39 is 11.7 Å². The predicted octanol–water partition coefficient (Wildman–Crippen LogP) is 5.45. The second-order valence-electron chi connectivity index (χ2n) is 6.65. The van der Waals surface area contributed by atoms with Gasteiger partial charge in [0.1, 0.15) is 11.8 Å². The Labute approximate surface area is 182 Å². The van der Waals surface area contributed by atoms with Gasteiger partial charge in [-0.15, -0.1) is 0 Å². The molecule has 8 heteroatoms. The molecule has 158 valence electrons. The van der Waals surface area contributed by atoms with Gasteiger partial charge in [-0.25, -0.2) is 14.6 Å². The summed E-state index contributed by atoms with van der Waals surface area (Å²) >= 11 is 1.62. The van der Waals surface area contributed by atoms with E-state index in [-0.39, 0.29) is 6.61 Å². The third-order valence-corrected chi connectivity index (χ3v) is 5.45. The van der Waals surface area contributed by atoms with Gasteiger partial charge >= 0.3 is 11.7 Å². The molecule has 0 bridgehead atoms. The molecule has 0 saturated heterocycles. The summed E-state index contributed by atoms with van der Waals surface area (Å²) in [6, 6.07) is 16.4. The molecular weight excluding hydrogens is 416 g/mol. The van der Waals surface area contributed by atoms with Crippen LogP contribution in [-0.4, -0.2) is 17.7 Å². The molecule has 7 nitrogen and oxygen atoms in total. The number of ether oxygens (including phenoxy) is 1. The lowest BCUT2D eigenvalue weighted by atomic mass is 10.1. The molecule has 2 heterocycles. The Hall–Kier alpha value is -3.52. The summed E-state index contributed by atoms with van der Waals surface area (Å²) in [4.78, 5) is 28.2. The molecule has 0 spiro atoms. The van der Waals surface area contributed by atoms with Gasteiger partial charge in [0.2, 0.25) is 5.89 Å². The number of fused-ring (bicyclic) bond motifs is 1. The first-order valence-electron chi connectivity index (χ1n) is 9.70. The van der Waals surface area contributed by atoms with Gasteiger partial charge in [0.05, 0.1) is 12.3 Å². The van der Waals surface area contributed by atoms with E-state index in [2.05, 4.69) is 10.3 Å². The van der Waals surface area contributed by atoms with E-state index in [0.29, 0.717) is 28.7 Å². The molecule has 0 aliphatic rings. The normalized spacial score (nSPS) is 10.9. The van der Waals surface area contributed by atoms with E-state index in [1.807, 2.05) is 36.4 Å². The van der Waals surface area contributed by atoms with Crippen LogP contribution < -0.4 is 10.9 Å². The number of hydrogen-bond acceptors (Lipinski definition) is 7. The molecule has 0 atom stereocenters. The second-order valence-corrected chi connectivity index (χ2v) is 7.64. The highest BCUT2D eigenvalue weighted by Crippen LogP contribution is 2.26. The van der Waals surface area contributed by atoms with Crippen molar-refractivity contribution in [2.24, 2.45) is 0 Å². The van der Waals surface area contributed by atoms with Crippen LogP contribution in [0.15, 0.2) is 74.5 Å². The minimum Gasteiger partial charge on any atom is -0.450 e. The molecule has 0 aliphatic heterocycles. The van der Waals surface area contributed by atoms with Gasteiger partial charge in [-0.3, -0.25) is 5.32 Å². The molecule has 0 saturated carbocycles. The number of carbonyl (C=O) groups excluding carboxylic acids is 1. The fourth-order valence-corrected chi connectivity index (χ4v) is 3.97. The summed E-state index contributed by atoms with van der Waals surface area (Å²) in [6.45, 7) is 2.00. The third-order valence-electron chi connectivity index (χ3n) is 4.43. The van der Waals surface area contributed by atoms with Gasteiger partial charge in [0, 0.05) is 40.3 Å². The predicted molar refractivity (Wildman–Crippen MR) is 120 cm³/mol. The first-order valence-corrected chi connectivity index (χ1v) is 10.9. The van der Waals surface area contributed by atoms with Crippen molar-refractivity contribution in [1.82, 2.24) is 4.98 Å². The molecule has 31 heavy (non-hydrogen) atoms. The molecular formula is C23H20N2O5S. The molecule has 1 N–H and O–H groups in total. The Morgan fingerprint density at radius 1 is 1.13 bits per heavy atom. The zero-order valence-electron chi connectivity index (χ0n) is 16.8. The van der Waals surface area contributed by atoms with Crippen LogP contribution in [0.2, 0.25) is 0 Å². The molecule has 4 rings (SSSR count). The average molecular weight is 436 g/mol. The summed E-state index contributed by atoms with van der Waals surface area (Å²) in [5.41, 5.74) is 3.07. The molecule has 0 radical (unpaired) electrons. The Kier molecular flexibility index (Phi) is 6.37. The number of anilines is 1. The van der Waals surface area contributed by atoms with Gasteiger partial charge < -0.3 is 13.6 Å². The van der Waals surface area contributed by atoms with Crippen molar-refractivity contribution in [3.05, 3.63) is 82.5 Å². The highest BCUT2D eigenvalue weighted by molar-refractivity contribution is 7.97. The van der Waals surface area contributed by atoms with Crippen LogP contribution in [0.5, 0.6) is 0 Å². The summed E-state index contributed by atoms with van der Waals surface area (Å²) in [7, 11) is 0. The van der Waals surface area contributed by atoms with Crippen molar-refractivity contribution < 1.29 is 18.4 Å². The lowest BCUT2D eigenvalue weighted by molar-refractivity contribution is 0.168. The molecule has 1 amide bonds. The SMILES string of the molecule is CCOC(=O)Nc1ccc2c(CSCc3coc(-c4ccccc4)n3)cc(=O)oc2c1. The van der Waals surface area contributed by atoms with Crippen molar-refractivity contribution in [1.29, 1.82) is 0 Å². The van der Waals surface area contributed by atoms with E-state index >= 15 is 0 Å². The van der Waals surface area contributed by atoms with Gasteiger partial charge in [0.25, 0.3) is 0 Å². The maximum Gasteiger partial charge on any atom is 0.411 e. The van der Waals surface area contributed by atoms with Gasteiger partial charge in [-0.1, -0.05) is 18.2 Å². The lowest BCUT2D eigenvalue weighted by Crippen LogP contribution is -2.13. The highest BCUT2D eigenvalue weighted by atomic mass is 32.2. The Balaban J connectivity index is 1.45. The first-order chi connectivity index (χ1) is 15.1. The highest BCUT2D eigenvalue weighted by Gasteiger charge is 2.10. The van der Waals surface area contributed by atoms with Crippen LogP contribution in [-0.2, 0) is 16.2 Å². The number of thioether (sulfide) groups is 1. The van der Waals surface area contributed by atoms with E-state index in [0.717, 1.165) is 22.2 Å². The number of rotatable bonds is 7. The maximum absolute atomic E-state index is 12.0. The van der Waals surface area contributed by atoms with Crippen molar-refractivity contribution in [2.45, 2.75) is 18.4 Å². The van der Waals surface area contributed by atoms with Gasteiger partial charge in [-0.2, -0.15) is 11.8 Å². The van der Waals surface area contributed by atoms with Gasteiger partial charge in [-0.05, 0) is 36.8 Å². The maximum atomic E-state index is 12.0. The van der Waals surface area contributed by atoms with Crippen LogP contribution in [0.1, 0.15) is 18.2 Å². The van der Waals surface area contributed by atoms with E-state index in [1.165, 1.54) is 6.07 Å². The van der Waals surface area contributed by atoms with Crippen LogP contribution >= 0.6 is 11.8 Å². The fourth-order valence-electron chi connectivity index (χ4n) is 3.06. The van der Waals surface area contributed by atoms with Crippen molar-refractivity contribution in [2.75, 3.05) is 11.9 Å². The number of amides is 1. The number of oxazole rings is 1. The van der Waals surface area contributed by atoms with Gasteiger partial charge in [0.15, 0.2) is 0 Å². The molecule has 0 aliphatic carbocycles. The quantitative estimate of drug-likeness (QED) is 0.385. The van der Waals surface area contributed by atoms with E-state index in [9.17, 15) is 9.59 Å². The Morgan fingerprint density at radius 2 is 1.97 bits per heavy atom. The zero-order chi connectivity index (χ0) is 21.6. The van der Waals surface area contributed by atoms with E-state index in [1.54, 1.807) is 37.1 Å². The average Bonchev–Trinajstić information content (AvgIpc) is 3.23. The number of benzene rings is 2. The first kappa shape index (κ1) is 20.7. The summed E-state index contributed by atoms with van der Waals surface area (Å²) < 4.78 is 15.8. The lowest BCUT2D eigenvalue weighted by Gasteiger charge is -2.08. The van der Waals surface area contributed by atoms with Crippen molar-refractivity contribution >= 4 is 34.5 Å². The number of nitrogens with one attached hydrogen (secondary N) is 1. The smallest absolute Gasteiger partial charge is 0.411 e. The monoisotopic (exact) mass is 436 g/mol. The standard InChI is InChI=1S/C23H20N2O5S/c1-2-28-23(27)25-17-8-9-19-16(10-21(26)30-20(19)11-17)13-31-14-18-12-29-22(24-18)15-6-4-3-5-7-15/h3-12H,2,13-14H2,1H3,(H,25,27). The van der Waals surface area contributed by atoms with Crippen molar-refractivity contribution in [3.8, 4) is 11.5 Å². The fraction of sp³-hybridized carbons (Fsp3) is 0.174. The Bertz CT molecular complexity index is 1250. The van der Waals surface area contributed by atoms with Crippen LogP contribution in [0.4, 0.5) is 10.5 Å². The molecule has 2 aromatic carbocycles. The van der Waals surface area contributed by atoms with Crippen LogP contribution in [0.3, 0.4) is 0 Å². The largest absolute Gasteiger partial charge is 0.450 e. The van der Waals surface area contributed by atoms with Crippen LogP contribution in [0.25, 0.3) is 22.4 Å². The number of nitrogens with zero attached hydrogens (tertiary/aromatic N) is 1. The summed E-state index contributed by atoms with van der Waals surface area (Å²) in [5, 5.41) is 3.42. The summed E-state index contributed by atoms with van der Waals surface area (Å²) in [5.74, 6) is 1.82. The second kappa shape index (κ2) is 9.53. The molecule has 2 aromatic heterocycles. The number of aromatic nitrogens is 1. The van der Waals surface area contributed by atoms with Crippen molar-refractivity contribution in [3.63, 3.8) is 0 Å². The third kappa shape index (κ3) is 5.16. The molecule has 0 fully saturated rings. The number of hydrogen-bond donors (Lipinski definition) is 1. The molecule has 4 aromatic rings. The summed E-state index contributed by atoms with van der Waals surface area (Å²) in [6.07, 6.45) is 1.10. The minimum absolute atomic E-state index is 0.272. The minimum atomic E-state index is -0.557.